The fraction of sp³-hybridized carbons (Fsp3) is 0.759. The van der Waals surface area contributed by atoms with Crippen LogP contribution in [0.25, 0.3) is 0 Å². The van der Waals surface area contributed by atoms with Crippen LogP contribution >= 0.6 is 0 Å². The van der Waals surface area contributed by atoms with Gasteiger partial charge in [0.2, 0.25) is 0 Å². The Morgan fingerprint density at radius 3 is 2.44 bits per heavy atom. The summed E-state index contributed by atoms with van der Waals surface area (Å²) in [6, 6.07) is 6.70. The van der Waals surface area contributed by atoms with Crippen molar-refractivity contribution in [3.05, 3.63) is 29.8 Å². The molecule has 8 atom stereocenters. The fourth-order valence-corrected chi connectivity index (χ4v) is 10.3. The molecule has 1 spiro atoms. The number of hydrogen-bond acceptors (Lipinski definition) is 6. The number of fused-ring (bicyclic) bond motifs is 3. The van der Waals surface area contributed by atoms with Gasteiger partial charge < -0.3 is 9.84 Å². The Hall–Kier alpha value is -1.44. The van der Waals surface area contributed by atoms with Crippen LogP contribution in [0.3, 0.4) is 0 Å². The molecule has 0 unspecified atom stereocenters. The molecule has 5 aliphatic rings. The second-order valence-electron chi connectivity index (χ2n) is 12.7. The van der Waals surface area contributed by atoms with Gasteiger partial charge in [-0.15, -0.1) is 0 Å². The van der Waals surface area contributed by atoms with Gasteiger partial charge in [0.15, 0.2) is 0 Å². The zero-order chi connectivity index (χ0) is 25.9. The molecule has 0 radical (unpaired) electrons. The maximum Gasteiger partial charge on any atom is 0.311 e. The van der Waals surface area contributed by atoms with Crippen molar-refractivity contribution in [3.63, 3.8) is 0 Å². The normalized spacial score (nSPS) is 41.9. The largest absolute Gasteiger partial charge is 0.469 e. The van der Waals surface area contributed by atoms with E-state index in [1.54, 1.807) is 24.3 Å². The number of aliphatic hydroxyl groups is 1. The van der Waals surface area contributed by atoms with Gasteiger partial charge in [0.25, 0.3) is 10.1 Å². The van der Waals surface area contributed by atoms with Crippen molar-refractivity contribution in [1.82, 2.24) is 0 Å². The highest BCUT2D eigenvalue weighted by Gasteiger charge is 2.68. The number of ether oxygens (including phenoxy) is 1. The van der Waals surface area contributed by atoms with E-state index >= 15 is 0 Å². The van der Waals surface area contributed by atoms with Gasteiger partial charge in [0, 0.05) is 0 Å². The lowest BCUT2D eigenvalue weighted by atomic mass is 9.35. The molecule has 0 aliphatic heterocycles. The van der Waals surface area contributed by atoms with Crippen LogP contribution in [0.4, 0.5) is 0 Å². The number of aryl methyl sites for hydroxylation is 1. The average Bonchev–Trinajstić information content (AvgIpc) is 2.85. The van der Waals surface area contributed by atoms with E-state index in [9.17, 15) is 18.3 Å². The molecule has 1 N–H and O–H groups in total. The monoisotopic (exact) mass is 518 g/mol. The lowest BCUT2D eigenvalue weighted by Crippen LogP contribution is -2.66. The van der Waals surface area contributed by atoms with Gasteiger partial charge in [-0.3, -0.25) is 8.98 Å². The Morgan fingerprint density at radius 2 is 1.75 bits per heavy atom. The zero-order valence-corrected chi connectivity index (χ0v) is 23.0. The van der Waals surface area contributed by atoms with Gasteiger partial charge in [-0.05, 0) is 112 Å². The van der Waals surface area contributed by atoms with Crippen molar-refractivity contribution in [2.45, 2.75) is 89.6 Å². The number of methoxy groups -OCH3 is 1. The van der Waals surface area contributed by atoms with E-state index < -0.39 is 21.6 Å². The quantitative estimate of drug-likeness (QED) is 0.408. The molecule has 2 bridgehead atoms. The summed E-state index contributed by atoms with van der Waals surface area (Å²) in [6.45, 7) is 6.49. The van der Waals surface area contributed by atoms with Crippen molar-refractivity contribution in [2.75, 3.05) is 13.7 Å². The summed E-state index contributed by atoms with van der Waals surface area (Å²) in [6.07, 6.45) is 8.10. The van der Waals surface area contributed by atoms with Crippen LogP contribution in [0, 0.1) is 46.8 Å². The average molecular weight is 519 g/mol. The number of esters is 1. The molecule has 6 nitrogen and oxygen atoms in total. The second-order valence-corrected chi connectivity index (χ2v) is 14.3. The Morgan fingerprint density at radius 1 is 1.06 bits per heavy atom. The second kappa shape index (κ2) is 9.09. The first kappa shape index (κ1) is 26.2. The van der Waals surface area contributed by atoms with Crippen LogP contribution in [0.1, 0.15) is 77.2 Å². The molecule has 1 aromatic rings. The van der Waals surface area contributed by atoms with E-state index in [1.807, 2.05) is 6.92 Å². The molecule has 0 amide bonds. The minimum atomic E-state index is -3.81. The van der Waals surface area contributed by atoms with Crippen molar-refractivity contribution in [1.29, 1.82) is 0 Å². The summed E-state index contributed by atoms with van der Waals surface area (Å²) in [4.78, 5) is 13.1. The Labute approximate surface area is 216 Å². The molecule has 0 saturated heterocycles. The van der Waals surface area contributed by atoms with Crippen molar-refractivity contribution >= 4 is 16.1 Å². The van der Waals surface area contributed by atoms with E-state index in [0.29, 0.717) is 18.3 Å². The Balaban J connectivity index is 1.32. The number of carbonyl (C=O) groups is 1. The van der Waals surface area contributed by atoms with Crippen LogP contribution in [0.2, 0.25) is 0 Å². The summed E-state index contributed by atoms with van der Waals surface area (Å²) in [5, 5.41) is 11.8. The minimum Gasteiger partial charge on any atom is -0.469 e. The third kappa shape index (κ3) is 3.87. The predicted octanol–water partition coefficient (Wildman–Crippen LogP) is 5.26. The van der Waals surface area contributed by atoms with E-state index in [1.165, 1.54) is 7.11 Å². The van der Waals surface area contributed by atoms with Gasteiger partial charge in [0.05, 0.1) is 30.1 Å². The van der Waals surface area contributed by atoms with Gasteiger partial charge in [-0.1, -0.05) is 31.0 Å². The number of aliphatic hydroxyl groups excluding tert-OH is 1. The fourth-order valence-electron chi connectivity index (χ4n) is 9.41. The third-order valence-corrected chi connectivity index (χ3v) is 12.5. The van der Waals surface area contributed by atoms with Crippen molar-refractivity contribution in [3.8, 4) is 0 Å². The summed E-state index contributed by atoms with van der Waals surface area (Å²) in [5.41, 5.74) is 0.407. The van der Waals surface area contributed by atoms with E-state index in [-0.39, 0.29) is 40.1 Å². The third-order valence-electron chi connectivity index (χ3n) is 11.1. The first-order valence-electron chi connectivity index (χ1n) is 13.7. The molecule has 0 heterocycles. The molecule has 5 fully saturated rings. The van der Waals surface area contributed by atoms with Crippen LogP contribution in [-0.2, 0) is 23.8 Å². The lowest BCUT2D eigenvalue weighted by Gasteiger charge is -2.70. The summed E-state index contributed by atoms with van der Waals surface area (Å²) in [7, 11) is -2.31. The van der Waals surface area contributed by atoms with Crippen molar-refractivity contribution in [2.24, 2.45) is 39.9 Å². The topological polar surface area (TPSA) is 89.9 Å². The maximum absolute atomic E-state index is 12.9. The maximum atomic E-state index is 12.9. The number of benzene rings is 1. The van der Waals surface area contributed by atoms with Crippen LogP contribution in [0.15, 0.2) is 29.2 Å². The van der Waals surface area contributed by atoms with E-state index in [4.69, 9.17) is 8.92 Å². The highest BCUT2D eigenvalue weighted by atomic mass is 32.2. The van der Waals surface area contributed by atoms with Crippen LogP contribution in [-0.4, -0.2) is 39.3 Å². The molecule has 5 saturated carbocycles. The minimum absolute atomic E-state index is 0.00927. The first-order valence-corrected chi connectivity index (χ1v) is 15.1. The molecule has 5 aliphatic carbocycles. The summed E-state index contributed by atoms with van der Waals surface area (Å²) >= 11 is 0. The summed E-state index contributed by atoms with van der Waals surface area (Å²) < 4.78 is 36.1. The Bertz CT molecular complexity index is 1100. The molecule has 1 aromatic carbocycles. The number of rotatable bonds is 6. The SMILES string of the molecule is COC(=O)[C@]1(C)CCC[C@@]2(C)[C@@H]3C[C@@H]4CC[C@@]3(CC[C@@H]21)[C@H](O)[C@H]4CCOS(=O)(=O)c1ccc(C)cc1. The summed E-state index contributed by atoms with van der Waals surface area (Å²) in [5.74, 6) is 0.990. The molecule has 0 aromatic heterocycles. The zero-order valence-electron chi connectivity index (χ0n) is 22.2. The molecule has 36 heavy (non-hydrogen) atoms. The highest BCUT2D eigenvalue weighted by Crippen LogP contribution is 2.72. The smallest absolute Gasteiger partial charge is 0.311 e. The molecule has 6 rings (SSSR count). The number of hydrogen-bond donors (Lipinski definition) is 1. The van der Waals surface area contributed by atoms with Crippen LogP contribution in [0.5, 0.6) is 0 Å². The van der Waals surface area contributed by atoms with E-state index in [0.717, 1.165) is 56.9 Å². The molecule has 7 heteroatoms. The van der Waals surface area contributed by atoms with Gasteiger partial charge in [0.1, 0.15) is 0 Å². The predicted molar refractivity (Wildman–Crippen MR) is 136 cm³/mol. The first-order chi connectivity index (χ1) is 17.0. The standard InChI is InChI=1S/C29H42O6S/c1-19-6-8-21(9-7-19)36(32,33)35-17-12-22-20-10-15-29(25(22)30)16-11-23-27(2,24(29)18-20)13-5-14-28(23,3)26(31)34-4/h6-9,20,22-25,30H,5,10-18H2,1-4H3/t20-,22-,23-,24-,25+,27+,28+,29-/m0/s1. The molecule has 200 valence electrons. The van der Waals surface area contributed by atoms with Gasteiger partial charge >= 0.3 is 5.97 Å². The highest BCUT2D eigenvalue weighted by molar-refractivity contribution is 7.86. The molecular formula is C29H42O6S. The number of carbonyl (C=O) groups excluding carboxylic acids is 1. The van der Waals surface area contributed by atoms with Crippen LogP contribution < -0.4 is 0 Å². The van der Waals surface area contributed by atoms with Crippen molar-refractivity contribution < 1.29 is 27.2 Å². The molecular weight excluding hydrogens is 476 g/mol. The Kier molecular flexibility index (Phi) is 6.61. The lowest BCUT2D eigenvalue weighted by molar-refractivity contribution is -0.246. The van der Waals surface area contributed by atoms with Gasteiger partial charge in [-0.2, -0.15) is 8.42 Å². The van der Waals surface area contributed by atoms with E-state index in [2.05, 4.69) is 13.8 Å². The van der Waals surface area contributed by atoms with Gasteiger partial charge in [-0.25, -0.2) is 0 Å².